The highest BCUT2D eigenvalue weighted by atomic mass is 15.0. The largest absolute Gasteiger partial charge is 0.309 e. The highest BCUT2D eigenvalue weighted by Crippen LogP contribution is 2.65. The van der Waals surface area contributed by atoms with Gasteiger partial charge in [0.05, 0.1) is 16.4 Å². The van der Waals surface area contributed by atoms with Crippen molar-refractivity contribution in [2.45, 2.75) is 43.9 Å². The number of rotatable bonds is 5. The van der Waals surface area contributed by atoms with Crippen LogP contribution in [0.25, 0.3) is 78.4 Å². The van der Waals surface area contributed by atoms with Crippen molar-refractivity contribution in [3.63, 3.8) is 0 Å². The van der Waals surface area contributed by atoms with Crippen LogP contribution in [0.1, 0.15) is 49.7 Å². The second kappa shape index (κ2) is 13.8. The van der Waals surface area contributed by atoms with Gasteiger partial charge in [-0.05, 0) is 137 Å². The first-order valence-corrected chi connectivity index (χ1v) is 22.1. The number of nitrogens with zero attached hydrogens (tertiary/aromatic N) is 4. The molecule has 4 heteroatoms. The van der Waals surface area contributed by atoms with Crippen LogP contribution in [0, 0.1) is 0 Å². The van der Waals surface area contributed by atoms with Gasteiger partial charge in [0, 0.05) is 33.2 Å². The van der Waals surface area contributed by atoms with E-state index in [0.717, 1.165) is 60.9 Å². The summed E-state index contributed by atoms with van der Waals surface area (Å²) < 4.78 is 2.49. The molecule has 294 valence electrons. The van der Waals surface area contributed by atoms with Gasteiger partial charge in [-0.25, -0.2) is 15.0 Å². The standard InChI is InChI=1S/C58H42N4/c1-4-16-37(17-5-1)41-30-33-46-48-35-52-47(45-24-12-15-27-51(45)58(52)49-25-13-10-22-43(49)44-23-11-14-26-50(44)58)36-54(48)62(53(46)34-41)42-31-28-40(29-32-42)57-60-55(38-18-6-2-7-19-38)59-56(61-57)39-20-8-3-9-21-39/h1-9,12-14,16-21,24-26,28-36H,10-11,15,22-23,27H2. The van der Waals surface area contributed by atoms with Crippen molar-refractivity contribution in [1.29, 1.82) is 0 Å². The molecule has 0 bridgehead atoms. The average Bonchev–Trinajstić information content (AvgIpc) is 3.95. The Hall–Kier alpha value is -7.43. The zero-order valence-corrected chi connectivity index (χ0v) is 34.4. The highest BCUT2D eigenvalue weighted by Gasteiger charge is 2.54. The lowest BCUT2D eigenvalue weighted by molar-refractivity contribution is 0.694. The lowest BCUT2D eigenvalue weighted by Crippen LogP contribution is -2.30. The van der Waals surface area contributed by atoms with E-state index >= 15 is 0 Å². The van der Waals surface area contributed by atoms with Gasteiger partial charge in [0.15, 0.2) is 17.5 Å². The van der Waals surface area contributed by atoms with Gasteiger partial charge in [0.25, 0.3) is 0 Å². The molecule has 2 aromatic heterocycles. The SMILES string of the molecule is C1=CC2=C(CC1)C1=C(C=CCC1)C21C2=C(C=CCC2)c2cc3c(cc21)c1ccc(-c2ccccc2)cc1n3-c1ccc(-c2nc(-c3ccccc3)nc(-c3ccccc3)n2)cc1. The van der Waals surface area contributed by atoms with Crippen LogP contribution in [0.4, 0.5) is 0 Å². The number of benzene rings is 6. The summed E-state index contributed by atoms with van der Waals surface area (Å²) in [5.74, 6) is 1.97. The number of allylic oxidation sites excluding steroid dienone is 12. The van der Waals surface area contributed by atoms with Crippen molar-refractivity contribution in [3.8, 4) is 51.0 Å². The third kappa shape index (κ3) is 5.16. The normalized spacial score (nSPS) is 17.0. The molecule has 0 N–H and O–H groups in total. The van der Waals surface area contributed by atoms with Crippen LogP contribution in [-0.4, -0.2) is 19.5 Å². The molecule has 0 unspecified atom stereocenters. The van der Waals surface area contributed by atoms with Crippen molar-refractivity contribution >= 4 is 27.4 Å². The minimum atomic E-state index is -0.232. The van der Waals surface area contributed by atoms with E-state index in [1.165, 1.54) is 60.8 Å². The summed E-state index contributed by atoms with van der Waals surface area (Å²) in [6.07, 6.45) is 21.4. The molecule has 4 nitrogen and oxygen atoms in total. The lowest BCUT2D eigenvalue weighted by atomic mass is 9.65. The molecule has 5 aliphatic rings. The Morgan fingerprint density at radius 1 is 0.435 bits per heavy atom. The molecule has 62 heavy (non-hydrogen) atoms. The van der Waals surface area contributed by atoms with Crippen molar-refractivity contribution in [3.05, 3.63) is 221 Å². The van der Waals surface area contributed by atoms with Crippen LogP contribution < -0.4 is 0 Å². The second-order valence-corrected chi connectivity index (χ2v) is 17.2. The number of hydrogen-bond acceptors (Lipinski definition) is 3. The van der Waals surface area contributed by atoms with Crippen molar-refractivity contribution in [1.82, 2.24) is 19.5 Å². The molecule has 13 rings (SSSR count). The van der Waals surface area contributed by atoms with E-state index in [0.29, 0.717) is 17.5 Å². The van der Waals surface area contributed by atoms with E-state index in [1.54, 1.807) is 16.7 Å². The quantitative estimate of drug-likeness (QED) is 0.174. The van der Waals surface area contributed by atoms with Gasteiger partial charge < -0.3 is 4.57 Å². The molecule has 0 saturated carbocycles. The molecule has 0 radical (unpaired) electrons. The minimum absolute atomic E-state index is 0.232. The van der Waals surface area contributed by atoms with Crippen LogP contribution >= 0.6 is 0 Å². The van der Waals surface area contributed by atoms with Gasteiger partial charge in [0.1, 0.15) is 0 Å². The molecule has 0 amide bonds. The predicted molar refractivity (Wildman–Crippen MR) is 254 cm³/mol. The molecule has 8 aromatic rings. The first kappa shape index (κ1) is 35.3. The first-order valence-electron chi connectivity index (χ1n) is 22.1. The van der Waals surface area contributed by atoms with E-state index in [4.69, 9.17) is 15.0 Å². The maximum Gasteiger partial charge on any atom is 0.164 e. The maximum absolute atomic E-state index is 5.05. The van der Waals surface area contributed by atoms with E-state index in [-0.39, 0.29) is 5.41 Å². The summed E-state index contributed by atoms with van der Waals surface area (Å²) in [6.45, 7) is 0. The summed E-state index contributed by atoms with van der Waals surface area (Å²) in [4.78, 5) is 15.0. The topological polar surface area (TPSA) is 43.6 Å². The van der Waals surface area contributed by atoms with Crippen molar-refractivity contribution in [2.24, 2.45) is 0 Å². The van der Waals surface area contributed by atoms with Gasteiger partial charge in [-0.3, -0.25) is 0 Å². The molecule has 2 heterocycles. The van der Waals surface area contributed by atoms with Gasteiger partial charge in [-0.15, -0.1) is 0 Å². The Morgan fingerprint density at radius 3 is 1.56 bits per heavy atom. The fourth-order valence-electron chi connectivity index (χ4n) is 11.3. The minimum Gasteiger partial charge on any atom is -0.309 e. The zero-order valence-electron chi connectivity index (χ0n) is 34.4. The van der Waals surface area contributed by atoms with Gasteiger partial charge in [0.2, 0.25) is 0 Å². The Bertz CT molecular complexity index is 3260. The van der Waals surface area contributed by atoms with Crippen LogP contribution in [0.3, 0.4) is 0 Å². The Morgan fingerprint density at radius 2 is 0.952 bits per heavy atom. The lowest BCUT2D eigenvalue weighted by Gasteiger charge is -2.36. The summed E-state index contributed by atoms with van der Waals surface area (Å²) in [5, 5.41) is 2.55. The third-order valence-corrected chi connectivity index (χ3v) is 13.9. The fourth-order valence-corrected chi connectivity index (χ4v) is 11.3. The second-order valence-electron chi connectivity index (χ2n) is 17.2. The predicted octanol–water partition coefficient (Wildman–Crippen LogP) is 14.3. The molecule has 1 spiro atoms. The van der Waals surface area contributed by atoms with E-state index in [9.17, 15) is 0 Å². The summed E-state index contributed by atoms with van der Waals surface area (Å²) in [6, 6.07) is 52.1. The van der Waals surface area contributed by atoms with Gasteiger partial charge in [-0.2, -0.15) is 0 Å². The Kier molecular flexibility index (Phi) is 7.87. The zero-order chi connectivity index (χ0) is 40.8. The highest BCUT2D eigenvalue weighted by molar-refractivity contribution is 6.12. The van der Waals surface area contributed by atoms with Crippen molar-refractivity contribution in [2.75, 3.05) is 0 Å². The smallest absolute Gasteiger partial charge is 0.164 e. The maximum atomic E-state index is 5.05. The Balaban J connectivity index is 1.03. The summed E-state index contributed by atoms with van der Waals surface area (Å²) in [7, 11) is 0. The first-order chi connectivity index (χ1) is 30.7. The van der Waals surface area contributed by atoms with Crippen LogP contribution in [0.2, 0.25) is 0 Å². The number of hydrogen-bond donors (Lipinski definition) is 0. The molecule has 0 atom stereocenters. The number of fused-ring (bicyclic) bond motifs is 10. The fraction of sp³-hybridized carbons (Fsp3) is 0.121. The van der Waals surface area contributed by atoms with Crippen LogP contribution in [0.15, 0.2) is 210 Å². The van der Waals surface area contributed by atoms with Crippen molar-refractivity contribution < 1.29 is 0 Å². The summed E-state index contributed by atoms with van der Waals surface area (Å²) in [5.41, 5.74) is 20.7. The van der Waals surface area contributed by atoms with E-state index in [2.05, 4.69) is 150 Å². The molecule has 5 aliphatic carbocycles. The molecule has 0 aliphatic heterocycles. The third-order valence-electron chi connectivity index (χ3n) is 13.9. The molecule has 6 aromatic carbocycles. The summed E-state index contributed by atoms with van der Waals surface area (Å²) >= 11 is 0. The molecular weight excluding hydrogens is 753 g/mol. The molecular formula is C58H42N4. The average molecular weight is 795 g/mol. The number of aromatic nitrogens is 4. The Labute approximate surface area is 361 Å². The van der Waals surface area contributed by atoms with E-state index in [1.807, 2.05) is 36.4 Å². The molecule has 0 saturated heterocycles. The monoisotopic (exact) mass is 794 g/mol. The van der Waals surface area contributed by atoms with Crippen LogP contribution in [-0.2, 0) is 5.41 Å². The van der Waals surface area contributed by atoms with Crippen LogP contribution in [0.5, 0.6) is 0 Å². The van der Waals surface area contributed by atoms with Gasteiger partial charge >= 0.3 is 0 Å². The van der Waals surface area contributed by atoms with Gasteiger partial charge in [-0.1, -0.05) is 140 Å². The molecule has 0 fully saturated rings. The van der Waals surface area contributed by atoms with E-state index < -0.39 is 0 Å².